The van der Waals surface area contributed by atoms with Gasteiger partial charge in [0, 0.05) is 19.3 Å². The SMILES string of the molecule is CC(NC1CCCOCC1)/C(N)=N/O. The van der Waals surface area contributed by atoms with Crippen LogP contribution in [0.3, 0.4) is 0 Å². The molecule has 2 unspecified atom stereocenters. The van der Waals surface area contributed by atoms with Crippen LogP contribution in [0.5, 0.6) is 0 Å². The summed E-state index contributed by atoms with van der Waals surface area (Å²) in [6.07, 6.45) is 3.15. The molecule has 0 aliphatic carbocycles. The second-order valence-electron chi connectivity index (χ2n) is 3.65. The molecule has 1 aliphatic heterocycles. The zero-order valence-electron chi connectivity index (χ0n) is 8.57. The molecule has 0 saturated carbocycles. The quantitative estimate of drug-likeness (QED) is 0.265. The van der Waals surface area contributed by atoms with Crippen LogP contribution < -0.4 is 11.1 Å². The topological polar surface area (TPSA) is 79.9 Å². The number of oxime groups is 1. The molecule has 5 heteroatoms. The van der Waals surface area contributed by atoms with Gasteiger partial charge in [0.15, 0.2) is 5.84 Å². The molecule has 1 saturated heterocycles. The standard InChI is InChI=1S/C9H19N3O2/c1-7(9(10)12-13)11-8-3-2-5-14-6-4-8/h7-8,11,13H,2-6H2,1H3,(H2,10,12). The Balaban J connectivity index is 2.34. The Bertz CT molecular complexity index is 188. The lowest BCUT2D eigenvalue weighted by molar-refractivity contribution is 0.142. The molecule has 1 fully saturated rings. The van der Waals surface area contributed by atoms with Crippen molar-refractivity contribution in [1.29, 1.82) is 0 Å². The minimum Gasteiger partial charge on any atom is -0.409 e. The summed E-state index contributed by atoms with van der Waals surface area (Å²) in [7, 11) is 0. The molecule has 5 nitrogen and oxygen atoms in total. The largest absolute Gasteiger partial charge is 0.409 e. The van der Waals surface area contributed by atoms with Gasteiger partial charge in [-0.1, -0.05) is 5.16 Å². The van der Waals surface area contributed by atoms with Crippen molar-refractivity contribution in [2.45, 2.75) is 38.3 Å². The average molecular weight is 201 g/mol. The van der Waals surface area contributed by atoms with Gasteiger partial charge in [-0.2, -0.15) is 0 Å². The fraction of sp³-hybridized carbons (Fsp3) is 0.889. The molecule has 82 valence electrons. The van der Waals surface area contributed by atoms with Crippen LogP contribution in [0, 0.1) is 0 Å². The van der Waals surface area contributed by atoms with Crippen LogP contribution in [-0.4, -0.2) is 36.3 Å². The van der Waals surface area contributed by atoms with Crippen LogP contribution in [0.15, 0.2) is 5.16 Å². The average Bonchev–Trinajstić information content (AvgIpc) is 2.45. The van der Waals surface area contributed by atoms with Crippen molar-refractivity contribution in [2.24, 2.45) is 10.9 Å². The predicted octanol–water partition coefficient (Wildman–Crippen LogP) is 0.280. The van der Waals surface area contributed by atoms with E-state index in [2.05, 4.69) is 10.5 Å². The number of nitrogens with one attached hydrogen (secondary N) is 1. The van der Waals surface area contributed by atoms with Crippen LogP contribution >= 0.6 is 0 Å². The van der Waals surface area contributed by atoms with Gasteiger partial charge in [-0.05, 0) is 26.2 Å². The Morgan fingerprint density at radius 3 is 3.07 bits per heavy atom. The van der Waals surface area contributed by atoms with Gasteiger partial charge in [-0.15, -0.1) is 0 Å². The third-order valence-corrected chi connectivity index (χ3v) is 2.50. The summed E-state index contributed by atoms with van der Waals surface area (Å²) in [5.41, 5.74) is 5.48. The van der Waals surface area contributed by atoms with Gasteiger partial charge in [-0.3, -0.25) is 0 Å². The lowest BCUT2D eigenvalue weighted by atomic mass is 10.1. The maximum atomic E-state index is 8.49. The minimum absolute atomic E-state index is 0.0805. The normalized spacial score (nSPS) is 26.9. The van der Waals surface area contributed by atoms with E-state index in [1.165, 1.54) is 0 Å². The fourth-order valence-corrected chi connectivity index (χ4v) is 1.60. The second kappa shape index (κ2) is 5.82. The number of nitrogens with zero attached hydrogens (tertiary/aromatic N) is 1. The monoisotopic (exact) mass is 201 g/mol. The van der Waals surface area contributed by atoms with Crippen molar-refractivity contribution in [3.05, 3.63) is 0 Å². The summed E-state index contributed by atoms with van der Waals surface area (Å²) in [6.45, 7) is 3.53. The second-order valence-corrected chi connectivity index (χ2v) is 3.65. The zero-order chi connectivity index (χ0) is 10.4. The van der Waals surface area contributed by atoms with Crippen molar-refractivity contribution in [3.63, 3.8) is 0 Å². The van der Waals surface area contributed by atoms with Crippen LogP contribution in [0.1, 0.15) is 26.2 Å². The Hall–Kier alpha value is -0.810. The molecular formula is C9H19N3O2. The number of hydrogen-bond donors (Lipinski definition) is 3. The zero-order valence-corrected chi connectivity index (χ0v) is 8.57. The van der Waals surface area contributed by atoms with Crippen molar-refractivity contribution >= 4 is 5.84 Å². The number of amidine groups is 1. The highest BCUT2D eigenvalue weighted by molar-refractivity contribution is 5.84. The third kappa shape index (κ3) is 3.51. The highest BCUT2D eigenvalue weighted by Crippen LogP contribution is 2.08. The molecule has 1 aliphatic rings. The molecule has 4 N–H and O–H groups in total. The molecule has 0 bridgehead atoms. The van der Waals surface area contributed by atoms with E-state index in [9.17, 15) is 0 Å². The van der Waals surface area contributed by atoms with Gasteiger partial charge in [0.25, 0.3) is 0 Å². The molecule has 2 atom stereocenters. The Labute approximate surface area is 84.3 Å². The molecule has 0 amide bonds. The van der Waals surface area contributed by atoms with Gasteiger partial charge in [0.05, 0.1) is 6.04 Å². The van der Waals surface area contributed by atoms with E-state index in [1.54, 1.807) is 0 Å². The van der Waals surface area contributed by atoms with E-state index in [0.717, 1.165) is 32.5 Å². The van der Waals surface area contributed by atoms with Crippen LogP contribution in [0.25, 0.3) is 0 Å². The van der Waals surface area contributed by atoms with E-state index >= 15 is 0 Å². The summed E-state index contributed by atoms with van der Waals surface area (Å²) in [6, 6.07) is 0.330. The first kappa shape index (κ1) is 11.3. The van der Waals surface area contributed by atoms with Crippen LogP contribution in [-0.2, 0) is 4.74 Å². The molecular weight excluding hydrogens is 182 g/mol. The van der Waals surface area contributed by atoms with E-state index in [0.29, 0.717) is 6.04 Å². The van der Waals surface area contributed by atoms with Gasteiger partial charge >= 0.3 is 0 Å². The van der Waals surface area contributed by atoms with Crippen molar-refractivity contribution in [1.82, 2.24) is 5.32 Å². The maximum Gasteiger partial charge on any atom is 0.156 e. The molecule has 0 aromatic carbocycles. The molecule has 0 radical (unpaired) electrons. The van der Waals surface area contributed by atoms with Gasteiger partial charge in [0.1, 0.15) is 0 Å². The third-order valence-electron chi connectivity index (χ3n) is 2.50. The molecule has 1 heterocycles. The first-order chi connectivity index (χ1) is 6.74. The maximum absolute atomic E-state index is 8.49. The minimum atomic E-state index is -0.0805. The Kier molecular flexibility index (Phi) is 4.69. The smallest absolute Gasteiger partial charge is 0.156 e. The number of ether oxygens (including phenoxy) is 1. The highest BCUT2D eigenvalue weighted by atomic mass is 16.5. The number of hydrogen-bond acceptors (Lipinski definition) is 4. The molecule has 0 spiro atoms. The lowest BCUT2D eigenvalue weighted by Gasteiger charge is -2.20. The summed E-state index contributed by atoms with van der Waals surface area (Å²) in [4.78, 5) is 0. The summed E-state index contributed by atoms with van der Waals surface area (Å²) in [5, 5.41) is 14.8. The van der Waals surface area contributed by atoms with Crippen molar-refractivity contribution in [2.75, 3.05) is 13.2 Å². The number of rotatable bonds is 3. The van der Waals surface area contributed by atoms with Gasteiger partial charge in [0.2, 0.25) is 0 Å². The van der Waals surface area contributed by atoms with Gasteiger partial charge in [-0.25, -0.2) is 0 Å². The van der Waals surface area contributed by atoms with Crippen LogP contribution in [0.4, 0.5) is 0 Å². The summed E-state index contributed by atoms with van der Waals surface area (Å²) < 4.78 is 5.34. The molecule has 14 heavy (non-hydrogen) atoms. The van der Waals surface area contributed by atoms with E-state index < -0.39 is 0 Å². The van der Waals surface area contributed by atoms with E-state index in [1.807, 2.05) is 6.92 Å². The molecule has 0 aromatic heterocycles. The summed E-state index contributed by atoms with van der Waals surface area (Å²) in [5.74, 6) is 0.232. The lowest BCUT2D eigenvalue weighted by Crippen LogP contribution is -2.44. The first-order valence-electron chi connectivity index (χ1n) is 5.05. The first-order valence-corrected chi connectivity index (χ1v) is 5.05. The van der Waals surface area contributed by atoms with Crippen molar-refractivity contribution < 1.29 is 9.94 Å². The Morgan fingerprint density at radius 2 is 2.36 bits per heavy atom. The molecule has 0 aromatic rings. The number of nitrogens with two attached hydrogens (primary N) is 1. The van der Waals surface area contributed by atoms with Crippen molar-refractivity contribution in [3.8, 4) is 0 Å². The molecule has 1 rings (SSSR count). The fourth-order valence-electron chi connectivity index (χ4n) is 1.60. The van der Waals surface area contributed by atoms with Gasteiger partial charge < -0.3 is 21.0 Å². The highest BCUT2D eigenvalue weighted by Gasteiger charge is 2.16. The Morgan fingerprint density at radius 1 is 1.57 bits per heavy atom. The van der Waals surface area contributed by atoms with Crippen LogP contribution in [0.2, 0.25) is 0 Å². The van der Waals surface area contributed by atoms with E-state index in [4.69, 9.17) is 15.7 Å². The van der Waals surface area contributed by atoms with E-state index in [-0.39, 0.29) is 11.9 Å². The summed E-state index contributed by atoms with van der Waals surface area (Å²) >= 11 is 0. The predicted molar refractivity (Wildman–Crippen MR) is 54.5 cm³/mol.